The maximum atomic E-state index is 12.4. The number of benzene rings is 1. The van der Waals surface area contributed by atoms with Crippen LogP contribution >= 0.6 is 0 Å². The summed E-state index contributed by atoms with van der Waals surface area (Å²) >= 11 is 0. The Kier molecular flexibility index (Phi) is 7.61. The second-order valence-electron chi connectivity index (χ2n) is 5.19. The van der Waals surface area contributed by atoms with E-state index in [0.29, 0.717) is 0 Å². The number of likely N-dealkylation sites (N-methyl/N-ethyl adjacent to an activating group) is 1. The molecule has 0 fully saturated rings. The highest BCUT2D eigenvalue weighted by molar-refractivity contribution is 5.35. The molecule has 0 spiro atoms. The number of alkyl halides is 2. The number of ether oxygens (including phenoxy) is 1. The van der Waals surface area contributed by atoms with Crippen molar-refractivity contribution in [2.24, 2.45) is 0 Å². The van der Waals surface area contributed by atoms with Gasteiger partial charge in [0.1, 0.15) is 5.75 Å². The summed E-state index contributed by atoms with van der Waals surface area (Å²) in [6.45, 7) is 8.46. The molecule has 0 saturated carbocycles. The van der Waals surface area contributed by atoms with Crippen LogP contribution in [0, 0.1) is 0 Å². The molecule has 21 heavy (non-hydrogen) atoms. The summed E-state index contributed by atoms with van der Waals surface area (Å²) in [6, 6.07) is 7.15. The maximum Gasteiger partial charge on any atom is 0.387 e. The SMILES string of the molecule is CCN(CC)CC(C)NC(C)c1ccccc1OC(F)F. The van der Waals surface area contributed by atoms with Gasteiger partial charge in [0.2, 0.25) is 0 Å². The number of hydrogen-bond acceptors (Lipinski definition) is 3. The van der Waals surface area contributed by atoms with Crippen LogP contribution in [0.1, 0.15) is 39.3 Å². The lowest BCUT2D eigenvalue weighted by Gasteiger charge is -2.27. The fourth-order valence-electron chi connectivity index (χ4n) is 2.48. The number of hydrogen-bond donors (Lipinski definition) is 1. The third kappa shape index (κ3) is 5.98. The van der Waals surface area contributed by atoms with E-state index in [1.807, 2.05) is 19.1 Å². The van der Waals surface area contributed by atoms with Gasteiger partial charge in [0.25, 0.3) is 0 Å². The van der Waals surface area contributed by atoms with Crippen LogP contribution in [0.2, 0.25) is 0 Å². The summed E-state index contributed by atoms with van der Waals surface area (Å²) in [5.74, 6) is 0.238. The van der Waals surface area contributed by atoms with Gasteiger partial charge in [-0.05, 0) is 33.0 Å². The lowest BCUT2D eigenvalue weighted by molar-refractivity contribution is -0.0506. The van der Waals surface area contributed by atoms with Crippen LogP contribution in [-0.2, 0) is 0 Å². The summed E-state index contributed by atoms with van der Waals surface area (Å²) in [5, 5.41) is 3.44. The van der Waals surface area contributed by atoms with Crippen LogP contribution in [0.5, 0.6) is 5.75 Å². The van der Waals surface area contributed by atoms with E-state index in [0.717, 1.165) is 25.2 Å². The third-order valence-corrected chi connectivity index (χ3v) is 3.56. The highest BCUT2D eigenvalue weighted by Crippen LogP contribution is 2.26. The topological polar surface area (TPSA) is 24.5 Å². The van der Waals surface area contributed by atoms with Crippen molar-refractivity contribution in [2.45, 2.75) is 46.4 Å². The summed E-state index contributed by atoms with van der Waals surface area (Å²) in [5.41, 5.74) is 0.754. The van der Waals surface area contributed by atoms with Crippen LogP contribution < -0.4 is 10.1 Å². The van der Waals surface area contributed by atoms with Crippen molar-refractivity contribution in [1.29, 1.82) is 0 Å². The molecule has 1 N–H and O–H groups in total. The molecule has 1 rings (SSSR count). The Balaban J connectivity index is 2.68. The molecule has 2 unspecified atom stereocenters. The van der Waals surface area contributed by atoms with E-state index in [2.05, 4.69) is 35.7 Å². The zero-order valence-electron chi connectivity index (χ0n) is 13.3. The van der Waals surface area contributed by atoms with Gasteiger partial charge < -0.3 is 15.0 Å². The van der Waals surface area contributed by atoms with Gasteiger partial charge in [-0.2, -0.15) is 8.78 Å². The first-order chi connectivity index (χ1) is 9.97. The van der Waals surface area contributed by atoms with Crippen molar-refractivity contribution in [3.63, 3.8) is 0 Å². The number of halogens is 2. The van der Waals surface area contributed by atoms with Gasteiger partial charge in [-0.25, -0.2) is 0 Å². The number of para-hydroxylation sites is 1. The standard InChI is InChI=1S/C16H26F2N2O/c1-5-20(6-2)11-12(3)19-13(4)14-9-7-8-10-15(14)21-16(17)18/h7-10,12-13,16,19H,5-6,11H2,1-4H3. The Bertz CT molecular complexity index is 411. The zero-order chi connectivity index (χ0) is 15.8. The van der Waals surface area contributed by atoms with E-state index in [-0.39, 0.29) is 17.8 Å². The van der Waals surface area contributed by atoms with Crippen LogP contribution in [0.4, 0.5) is 8.78 Å². The van der Waals surface area contributed by atoms with Crippen LogP contribution in [-0.4, -0.2) is 37.2 Å². The average molecular weight is 300 g/mol. The molecule has 0 aliphatic rings. The lowest BCUT2D eigenvalue weighted by Crippen LogP contribution is -2.40. The minimum atomic E-state index is -2.80. The van der Waals surface area contributed by atoms with Gasteiger partial charge in [0.05, 0.1) is 0 Å². The maximum absolute atomic E-state index is 12.4. The molecule has 0 bridgehead atoms. The predicted molar refractivity (Wildman–Crippen MR) is 81.9 cm³/mol. The van der Waals surface area contributed by atoms with Crippen molar-refractivity contribution < 1.29 is 13.5 Å². The summed E-state index contributed by atoms with van der Waals surface area (Å²) in [6.07, 6.45) is 0. The molecule has 5 heteroatoms. The molecule has 0 saturated heterocycles. The van der Waals surface area contributed by atoms with Gasteiger partial charge in [0.15, 0.2) is 0 Å². The van der Waals surface area contributed by atoms with E-state index in [9.17, 15) is 8.78 Å². The zero-order valence-corrected chi connectivity index (χ0v) is 13.3. The number of rotatable bonds is 9. The largest absolute Gasteiger partial charge is 0.434 e. The fourth-order valence-corrected chi connectivity index (χ4v) is 2.48. The normalized spacial score (nSPS) is 14.5. The average Bonchev–Trinajstić information content (AvgIpc) is 2.44. The van der Waals surface area contributed by atoms with Crippen LogP contribution in [0.3, 0.4) is 0 Å². The quantitative estimate of drug-likeness (QED) is 0.753. The number of nitrogens with one attached hydrogen (secondary N) is 1. The van der Waals surface area contributed by atoms with Crippen molar-refractivity contribution in [1.82, 2.24) is 10.2 Å². The Morgan fingerprint density at radius 2 is 1.76 bits per heavy atom. The molecule has 3 nitrogen and oxygen atoms in total. The van der Waals surface area contributed by atoms with Gasteiger partial charge in [-0.3, -0.25) is 0 Å². The molecule has 0 aromatic heterocycles. The molecule has 120 valence electrons. The van der Waals surface area contributed by atoms with E-state index in [1.54, 1.807) is 12.1 Å². The second-order valence-corrected chi connectivity index (χ2v) is 5.19. The van der Waals surface area contributed by atoms with Crippen LogP contribution in [0.15, 0.2) is 24.3 Å². The Morgan fingerprint density at radius 1 is 1.14 bits per heavy atom. The minimum Gasteiger partial charge on any atom is -0.434 e. The molecule has 0 aliphatic heterocycles. The summed E-state index contributed by atoms with van der Waals surface area (Å²) in [4.78, 5) is 2.33. The van der Waals surface area contributed by atoms with Crippen molar-refractivity contribution in [3.8, 4) is 5.75 Å². The molecular formula is C16H26F2N2O. The molecular weight excluding hydrogens is 274 g/mol. The molecule has 0 heterocycles. The Labute approximate surface area is 126 Å². The van der Waals surface area contributed by atoms with Gasteiger partial charge in [-0.15, -0.1) is 0 Å². The van der Waals surface area contributed by atoms with E-state index in [4.69, 9.17) is 0 Å². The highest BCUT2D eigenvalue weighted by atomic mass is 19.3. The first-order valence-corrected chi connectivity index (χ1v) is 7.50. The number of nitrogens with zero attached hydrogens (tertiary/aromatic N) is 1. The van der Waals surface area contributed by atoms with Gasteiger partial charge in [-0.1, -0.05) is 32.0 Å². The van der Waals surface area contributed by atoms with Gasteiger partial charge in [0, 0.05) is 24.2 Å². The molecule has 2 atom stereocenters. The molecule has 1 aromatic carbocycles. The Morgan fingerprint density at radius 3 is 2.33 bits per heavy atom. The Hall–Kier alpha value is -1.20. The van der Waals surface area contributed by atoms with E-state index in [1.165, 1.54) is 0 Å². The van der Waals surface area contributed by atoms with E-state index < -0.39 is 6.61 Å². The monoisotopic (exact) mass is 300 g/mol. The molecule has 0 aliphatic carbocycles. The van der Waals surface area contributed by atoms with E-state index >= 15 is 0 Å². The van der Waals surface area contributed by atoms with Crippen molar-refractivity contribution >= 4 is 0 Å². The highest BCUT2D eigenvalue weighted by Gasteiger charge is 2.16. The van der Waals surface area contributed by atoms with Gasteiger partial charge >= 0.3 is 6.61 Å². The summed E-state index contributed by atoms with van der Waals surface area (Å²) < 4.78 is 29.5. The predicted octanol–water partition coefficient (Wildman–Crippen LogP) is 3.67. The molecule has 1 aromatic rings. The van der Waals surface area contributed by atoms with Crippen LogP contribution in [0.25, 0.3) is 0 Å². The van der Waals surface area contributed by atoms with Crippen molar-refractivity contribution in [2.75, 3.05) is 19.6 Å². The third-order valence-electron chi connectivity index (χ3n) is 3.56. The minimum absolute atomic E-state index is 0.0505. The fraction of sp³-hybridized carbons (Fsp3) is 0.625. The molecule has 0 amide bonds. The first kappa shape index (κ1) is 17.9. The van der Waals surface area contributed by atoms with Crippen molar-refractivity contribution in [3.05, 3.63) is 29.8 Å². The smallest absolute Gasteiger partial charge is 0.387 e. The summed E-state index contributed by atoms with van der Waals surface area (Å²) in [7, 11) is 0. The second kappa shape index (κ2) is 8.95. The first-order valence-electron chi connectivity index (χ1n) is 7.50. The molecule has 0 radical (unpaired) electrons. The lowest BCUT2D eigenvalue weighted by atomic mass is 10.1.